The normalized spacial score (nSPS) is 17.8. The number of nitrogens with zero attached hydrogens (tertiary/aromatic N) is 1. The summed E-state index contributed by atoms with van der Waals surface area (Å²) in [6, 6.07) is 5.23. The van der Waals surface area contributed by atoms with Crippen LogP contribution >= 0.6 is 15.9 Å². The highest BCUT2D eigenvalue weighted by molar-refractivity contribution is 9.10. The molecule has 0 aromatic heterocycles. The van der Waals surface area contributed by atoms with Crippen molar-refractivity contribution in [1.29, 1.82) is 0 Å². The van der Waals surface area contributed by atoms with Crippen molar-refractivity contribution in [2.24, 2.45) is 0 Å². The highest BCUT2D eigenvalue weighted by atomic mass is 79.9. The lowest BCUT2D eigenvalue weighted by Crippen LogP contribution is -2.63. The van der Waals surface area contributed by atoms with Gasteiger partial charge in [0.25, 0.3) is 5.91 Å². The second kappa shape index (κ2) is 7.53. The van der Waals surface area contributed by atoms with E-state index in [1.54, 1.807) is 17.9 Å². The molecule has 0 saturated carbocycles. The summed E-state index contributed by atoms with van der Waals surface area (Å²) in [7, 11) is 0. The molecular weight excluding hydrogens is 404 g/mol. The Bertz CT molecular complexity index is 731. The van der Waals surface area contributed by atoms with Gasteiger partial charge in [-0.15, -0.1) is 0 Å². The molecule has 0 radical (unpaired) electrons. The Morgan fingerprint density at radius 2 is 2.04 bits per heavy atom. The Balaban J connectivity index is 1.58. The van der Waals surface area contributed by atoms with E-state index in [0.29, 0.717) is 31.5 Å². The first-order valence-corrected chi connectivity index (χ1v) is 9.30. The second-order valence-corrected chi connectivity index (χ2v) is 7.22. The van der Waals surface area contributed by atoms with Gasteiger partial charge >= 0.3 is 12.0 Å². The molecule has 1 aromatic carbocycles. The molecular formula is C17H21BrN4O4. The van der Waals surface area contributed by atoms with Gasteiger partial charge in [-0.2, -0.15) is 0 Å². The number of carbonyl (C=O) groups excluding carboxylic acids is 3. The van der Waals surface area contributed by atoms with Crippen molar-refractivity contribution >= 4 is 39.5 Å². The number of fused-ring (bicyclic) bond motifs is 1. The lowest BCUT2D eigenvalue weighted by Gasteiger charge is -2.45. The van der Waals surface area contributed by atoms with Crippen LogP contribution in [0.5, 0.6) is 0 Å². The summed E-state index contributed by atoms with van der Waals surface area (Å²) < 4.78 is 5.63. The van der Waals surface area contributed by atoms with Crippen molar-refractivity contribution in [3.63, 3.8) is 0 Å². The number of halogens is 1. The molecule has 2 heterocycles. The topological polar surface area (TPSA) is 99.8 Å². The van der Waals surface area contributed by atoms with Gasteiger partial charge in [-0.25, -0.2) is 4.79 Å². The van der Waals surface area contributed by atoms with Gasteiger partial charge in [0.1, 0.15) is 12.2 Å². The van der Waals surface area contributed by atoms with Crippen LogP contribution in [0.3, 0.4) is 0 Å². The Kier molecular flexibility index (Phi) is 5.36. The number of benzene rings is 1. The first kappa shape index (κ1) is 18.5. The number of ether oxygens (including phenoxy) is 1. The van der Waals surface area contributed by atoms with Gasteiger partial charge in [0.2, 0.25) is 0 Å². The number of carbonyl (C=O) groups is 3. The molecule has 0 bridgehead atoms. The predicted octanol–water partition coefficient (Wildman–Crippen LogP) is 1.67. The lowest BCUT2D eigenvalue weighted by atomic mass is 9.92. The van der Waals surface area contributed by atoms with E-state index < -0.39 is 11.6 Å². The smallest absolute Gasteiger partial charge is 0.325 e. The standard InChI is InChI=1S/C17H21BrN4O4/c1-2-26-14(23)10-19-16(25)22-7-5-17(6-8-22)20-13-4-3-11(18)9-12(13)15(24)21-17/h3-4,9,20H,2,5-8,10H2,1H3,(H,19,25)(H,21,24). The molecule has 0 atom stereocenters. The minimum absolute atomic E-state index is 0.125. The highest BCUT2D eigenvalue weighted by Crippen LogP contribution is 2.32. The van der Waals surface area contributed by atoms with Crippen LogP contribution in [0.2, 0.25) is 0 Å². The highest BCUT2D eigenvalue weighted by Gasteiger charge is 2.41. The van der Waals surface area contributed by atoms with Crippen molar-refractivity contribution in [2.45, 2.75) is 25.4 Å². The van der Waals surface area contributed by atoms with Crippen LogP contribution in [0.4, 0.5) is 10.5 Å². The van der Waals surface area contributed by atoms with Gasteiger partial charge in [-0.3, -0.25) is 9.59 Å². The maximum Gasteiger partial charge on any atom is 0.325 e. The molecule has 0 unspecified atom stereocenters. The van der Waals surface area contributed by atoms with Crippen molar-refractivity contribution in [2.75, 3.05) is 31.6 Å². The summed E-state index contributed by atoms with van der Waals surface area (Å²) >= 11 is 3.37. The maximum atomic E-state index is 12.4. The largest absolute Gasteiger partial charge is 0.465 e. The van der Waals surface area contributed by atoms with Crippen molar-refractivity contribution in [3.8, 4) is 0 Å². The summed E-state index contributed by atoms with van der Waals surface area (Å²) in [5.41, 5.74) is 0.826. The van der Waals surface area contributed by atoms with E-state index in [1.165, 1.54) is 0 Å². The predicted molar refractivity (Wildman–Crippen MR) is 98.8 cm³/mol. The third kappa shape index (κ3) is 3.92. The van der Waals surface area contributed by atoms with Crippen molar-refractivity contribution in [3.05, 3.63) is 28.2 Å². The third-order valence-electron chi connectivity index (χ3n) is 4.55. The first-order chi connectivity index (χ1) is 12.4. The number of likely N-dealkylation sites (tertiary alicyclic amines) is 1. The summed E-state index contributed by atoms with van der Waals surface area (Å²) in [5, 5.41) is 9.01. The Morgan fingerprint density at radius 1 is 1.31 bits per heavy atom. The van der Waals surface area contributed by atoms with Gasteiger partial charge in [-0.1, -0.05) is 15.9 Å². The zero-order valence-electron chi connectivity index (χ0n) is 14.4. The first-order valence-electron chi connectivity index (χ1n) is 8.51. The fraction of sp³-hybridized carbons (Fsp3) is 0.471. The van der Waals surface area contributed by atoms with Crippen LogP contribution in [0.25, 0.3) is 0 Å². The zero-order chi connectivity index (χ0) is 18.7. The number of hydrogen-bond donors (Lipinski definition) is 3. The van der Waals surface area contributed by atoms with E-state index in [-0.39, 0.29) is 25.1 Å². The van der Waals surface area contributed by atoms with Gasteiger partial charge in [0.15, 0.2) is 0 Å². The van der Waals surface area contributed by atoms with E-state index >= 15 is 0 Å². The van der Waals surface area contributed by atoms with Crippen molar-refractivity contribution in [1.82, 2.24) is 15.5 Å². The molecule has 140 valence electrons. The minimum Gasteiger partial charge on any atom is -0.465 e. The molecule has 1 saturated heterocycles. The number of anilines is 1. The monoisotopic (exact) mass is 424 g/mol. The molecule has 1 fully saturated rings. The number of piperidine rings is 1. The molecule has 3 N–H and O–H groups in total. The molecule has 8 nitrogen and oxygen atoms in total. The maximum absolute atomic E-state index is 12.4. The average Bonchev–Trinajstić information content (AvgIpc) is 2.61. The third-order valence-corrected chi connectivity index (χ3v) is 5.04. The summed E-state index contributed by atoms with van der Waals surface area (Å²) in [4.78, 5) is 37.6. The van der Waals surface area contributed by atoms with Crippen LogP contribution in [0, 0.1) is 0 Å². The van der Waals surface area contributed by atoms with Crippen LogP contribution in [0.15, 0.2) is 22.7 Å². The van der Waals surface area contributed by atoms with Crippen molar-refractivity contribution < 1.29 is 19.1 Å². The fourth-order valence-electron chi connectivity index (χ4n) is 3.20. The number of nitrogens with one attached hydrogen (secondary N) is 3. The van der Waals surface area contributed by atoms with Gasteiger partial charge in [-0.05, 0) is 25.1 Å². The van der Waals surface area contributed by atoms with Crippen LogP contribution in [-0.2, 0) is 9.53 Å². The van der Waals surface area contributed by atoms with E-state index in [0.717, 1.165) is 10.2 Å². The second-order valence-electron chi connectivity index (χ2n) is 6.30. The quantitative estimate of drug-likeness (QED) is 0.640. The molecule has 2 aliphatic heterocycles. The van der Waals surface area contributed by atoms with E-state index in [4.69, 9.17) is 4.74 Å². The summed E-state index contributed by atoms with van der Waals surface area (Å²) in [6.07, 6.45) is 1.14. The van der Waals surface area contributed by atoms with Gasteiger partial charge in [0, 0.05) is 36.1 Å². The molecule has 1 spiro atoms. The molecule has 9 heteroatoms. The Labute approximate surface area is 159 Å². The SMILES string of the molecule is CCOC(=O)CNC(=O)N1CCC2(CC1)NC(=O)c1cc(Br)ccc1N2. The van der Waals surface area contributed by atoms with Crippen LogP contribution in [0.1, 0.15) is 30.1 Å². The molecule has 3 rings (SSSR count). The Morgan fingerprint density at radius 3 is 2.73 bits per heavy atom. The lowest BCUT2D eigenvalue weighted by molar-refractivity contribution is -0.141. The number of hydrogen-bond acceptors (Lipinski definition) is 5. The number of rotatable bonds is 3. The van der Waals surface area contributed by atoms with Crippen LogP contribution < -0.4 is 16.0 Å². The van der Waals surface area contributed by atoms with E-state index in [1.807, 2.05) is 12.1 Å². The zero-order valence-corrected chi connectivity index (χ0v) is 16.0. The van der Waals surface area contributed by atoms with Gasteiger partial charge < -0.3 is 25.6 Å². The molecule has 0 aliphatic carbocycles. The minimum atomic E-state index is -0.560. The number of amides is 3. The van der Waals surface area contributed by atoms with E-state index in [2.05, 4.69) is 31.9 Å². The average molecular weight is 425 g/mol. The molecule has 26 heavy (non-hydrogen) atoms. The number of urea groups is 1. The van der Waals surface area contributed by atoms with Gasteiger partial charge in [0.05, 0.1) is 12.2 Å². The van der Waals surface area contributed by atoms with E-state index in [9.17, 15) is 14.4 Å². The fourth-order valence-corrected chi connectivity index (χ4v) is 3.56. The summed E-state index contributed by atoms with van der Waals surface area (Å²) in [6.45, 7) is 2.78. The number of esters is 1. The molecule has 1 aromatic rings. The Hall–Kier alpha value is -2.29. The summed E-state index contributed by atoms with van der Waals surface area (Å²) in [5.74, 6) is -0.585. The molecule has 3 amide bonds. The molecule has 2 aliphatic rings. The van der Waals surface area contributed by atoms with Crippen LogP contribution in [-0.4, -0.2) is 54.7 Å².